The number of rotatable bonds is 9. The van der Waals surface area contributed by atoms with Gasteiger partial charge in [0.15, 0.2) is 23.2 Å². The number of halogens is 4. The van der Waals surface area contributed by atoms with E-state index in [1.54, 1.807) is 22.4 Å². The number of amides is 2. The van der Waals surface area contributed by atoms with Crippen LogP contribution in [0.5, 0.6) is 5.75 Å². The van der Waals surface area contributed by atoms with Gasteiger partial charge in [0.25, 0.3) is 5.91 Å². The molecule has 0 spiro atoms. The lowest BCUT2D eigenvalue weighted by atomic mass is 9.95. The number of Topliss-reactive ketones (excluding diaryl/α,β-unsaturated/α-hetero) is 1. The molecule has 0 aliphatic carbocycles. The van der Waals surface area contributed by atoms with Crippen molar-refractivity contribution < 1.29 is 46.6 Å². The standard InChI is InChI=1S/C22H20F4N2O6S/c23-12-8-13(24)19(26)20(18(12)25)34-10-15(29)14(9-17(30)31)27-21(32)11-3-5-28(6-4-11)22(33)16-2-1-7-35-16/h1-2,7-8,11,14H,3-6,9-10H2,(H,27,32)(H,30,31)/t14-/m0/s1. The Balaban J connectivity index is 1.59. The average Bonchev–Trinajstić information content (AvgIpc) is 3.36. The molecule has 1 saturated heterocycles. The lowest BCUT2D eigenvalue weighted by Gasteiger charge is -2.31. The van der Waals surface area contributed by atoms with Gasteiger partial charge in [-0.05, 0) is 24.3 Å². The van der Waals surface area contributed by atoms with E-state index in [-0.39, 0.29) is 37.9 Å². The number of piperidine rings is 1. The number of ketones is 1. The molecule has 0 bridgehead atoms. The van der Waals surface area contributed by atoms with Crippen LogP contribution in [0.1, 0.15) is 28.9 Å². The zero-order valence-corrected chi connectivity index (χ0v) is 18.9. The van der Waals surface area contributed by atoms with Crippen molar-refractivity contribution in [3.63, 3.8) is 0 Å². The number of carboxylic acids is 1. The Morgan fingerprint density at radius 1 is 1.11 bits per heavy atom. The summed E-state index contributed by atoms with van der Waals surface area (Å²) in [5.41, 5.74) is 0. The van der Waals surface area contributed by atoms with E-state index in [1.807, 2.05) is 0 Å². The summed E-state index contributed by atoms with van der Waals surface area (Å²) in [6.07, 6.45) is -0.315. The molecule has 13 heteroatoms. The first kappa shape index (κ1) is 26.1. The molecule has 1 atom stereocenters. The van der Waals surface area contributed by atoms with Crippen molar-refractivity contribution in [1.29, 1.82) is 0 Å². The highest BCUT2D eigenvalue weighted by atomic mass is 32.1. The van der Waals surface area contributed by atoms with Gasteiger partial charge in [-0.1, -0.05) is 6.07 Å². The molecule has 2 heterocycles. The third-order valence-electron chi connectivity index (χ3n) is 5.40. The number of nitrogens with one attached hydrogen (secondary N) is 1. The number of likely N-dealkylation sites (tertiary alicyclic amines) is 1. The maximum absolute atomic E-state index is 13.7. The summed E-state index contributed by atoms with van der Waals surface area (Å²) in [5.74, 6) is -12.6. The van der Waals surface area contributed by atoms with Gasteiger partial charge in [0.2, 0.25) is 17.5 Å². The van der Waals surface area contributed by atoms with Crippen LogP contribution in [-0.4, -0.2) is 59.3 Å². The topological polar surface area (TPSA) is 113 Å². The van der Waals surface area contributed by atoms with E-state index in [9.17, 15) is 36.7 Å². The molecule has 1 aliphatic rings. The number of aliphatic carboxylic acids is 1. The van der Waals surface area contributed by atoms with Gasteiger partial charge in [0.05, 0.1) is 11.3 Å². The predicted octanol–water partition coefficient (Wildman–Crippen LogP) is 2.76. The van der Waals surface area contributed by atoms with Crippen LogP contribution in [-0.2, 0) is 14.4 Å². The van der Waals surface area contributed by atoms with Crippen LogP contribution in [0.2, 0.25) is 0 Å². The molecule has 2 amide bonds. The highest BCUT2D eigenvalue weighted by molar-refractivity contribution is 7.12. The molecular formula is C22H20F4N2O6S. The van der Waals surface area contributed by atoms with Gasteiger partial charge in [0.1, 0.15) is 12.6 Å². The molecule has 1 aliphatic heterocycles. The first-order valence-corrected chi connectivity index (χ1v) is 11.3. The number of benzene rings is 1. The summed E-state index contributed by atoms with van der Waals surface area (Å²) in [4.78, 5) is 50.8. The van der Waals surface area contributed by atoms with Gasteiger partial charge in [-0.3, -0.25) is 19.2 Å². The monoisotopic (exact) mass is 516 g/mol. The molecular weight excluding hydrogens is 496 g/mol. The highest BCUT2D eigenvalue weighted by Gasteiger charge is 2.32. The largest absolute Gasteiger partial charge is 0.481 e. The Morgan fingerprint density at radius 3 is 2.29 bits per heavy atom. The number of carboxylic acid groups (broad SMARTS) is 1. The van der Waals surface area contributed by atoms with Crippen molar-refractivity contribution in [2.45, 2.75) is 25.3 Å². The van der Waals surface area contributed by atoms with E-state index >= 15 is 0 Å². The molecule has 1 aromatic heterocycles. The maximum Gasteiger partial charge on any atom is 0.305 e. The Labute approximate surface area is 200 Å². The van der Waals surface area contributed by atoms with Gasteiger partial charge in [0, 0.05) is 25.1 Å². The Kier molecular flexibility index (Phi) is 8.43. The van der Waals surface area contributed by atoms with Crippen LogP contribution >= 0.6 is 11.3 Å². The molecule has 35 heavy (non-hydrogen) atoms. The van der Waals surface area contributed by atoms with E-state index in [0.717, 1.165) is 0 Å². The second-order valence-corrected chi connectivity index (χ2v) is 8.70. The van der Waals surface area contributed by atoms with E-state index in [4.69, 9.17) is 5.11 Å². The fourth-order valence-corrected chi connectivity index (χ4v) is 4.22. The summed E-state index contributed by atoms with van der Waals surface area (Å²) >= 11 is 1.29. The molecule has 2 aromatic rings. The molecule has 0 saturated carbocycles. The molecule has 2 N–H and O–H groups in total. The van der Waals surface area contributed by atoms with Crippen molar-refractivity contribution in [3.8, 4) is 5.75 Å². The summed E-state index contributed by atoms with van der Waals surface area (Å²) in [7, 11) is 0. The van der Waals surface area contributed by atoms with Crippen LogP contribution in [0.3, 0.4) is 0 Å². The first-order valence-electron chi connectivity index (χ1n) is 10.4. The molecule has 188 valence electrons. The molecule has 0 unspecified atom stereocenters. The van der Waals surface area contributed by atoms with Crippen LogP contribution < -0.4 is 10.1 Å². The van der Waals surface area contributed by atoms with Crippen molar-refractivity contribution in [2.75, 3.05) is 19.7 Å². The van der Waals surface area contributed by atoms with Gasteiger partial charge in [-0.15, -0.1) is 11.3 Å². The number of hydrogen-bond donors (Lipinski definition) is 2. The first-order chi connectivity index (χ1) is 16.6. The second kappa shape index (κ2) is 11.3. The van der Waals surface area contributed by atoms with Crippen LogP contribution in [0.4, 0.5) is 17.6 Å². The Hall–Kier alpha value is -3.48. The number of hydrogen-bond acceptors (Lipinski definition) is 6. The predicted molar refractivity (Wildman–Crippen MR) is 114 cm³/mol. The lowest BCUT2D eigenvalue weighted by molar-refractivity contribution is -0.141. The molecule has 1 aromatic carbocycles. The average molecular weight is 516 g/mol. The third kappa shape index (κ3) is 6.35. The van der Waals surface area contributed by atoms with E-state index in [2.05, 4.69) is 10.1 Å². The van der Waals surface area contributed by atoms with E-state index in [0.29, 0.717) is 4.88 Å². The van der Waals surface area contributed by atoms with Gasteiger partial charge in [-0.2, -0.15) is 8.78 Å². The van der Waals surface area contributed by atoms with Crippen molar-refractivity contribution in [2.24, 2.45) is 5.92 Å². The summed E-state index contributed by atoms with van der Waals surface area (Å²) in [5, 5.41) is 13.1. The Bertz CT molecular complexity index is 1090. The van der Waals surface area contributed by atoms with E-state index < -0.39 is 71.7 Å². The normalized spacial score (nSPS) is 14.9. The third-order valence-corrected chi connectivity index (χ3v) is 6.26. The quantitative estimate of drug-likeness (QED) is 0.392. The van der Waals surface area contributed by atoms with Crippen LogP contribution in [0.15, 0.2) is 23.6 Å². The lowest BCUT2D eigenvalue weighted by Crippen LogP contribution is -2.49. The van der Waals surface area contributed by atoms with Crippen LogP contribution in [0.25, 0.3) is 0 Å². The number of nitrogens with zero attached hydrogens (tertiary/aromatic N) is 1. The van der Waals surface area contributed by atoms with Gasteiger partial charge < -0.3 is 20.1 Å². The molecule has 0 radical (unpaired) electrons. The number of thiophene rings is 1. The van der Waals surface area contributed by atoms with Gasteiger partial charge >= 0.3 is 5.97 Å². The van der Waals surface area contributed by atoms with Crippen molar-refractivity contribution in [3.05, 3.63) is 51.7 Å². The summed E-state index contributed by atoms with van der Waals surface area (Å²) in [6.45, 7) is -0.596. The fourth-order valence-electron chi connectivity index (χ4n) is 3.53. The number of ether oxygens (including phenoxy) is 1. The minimum atomic E-state index is -1.86. The van der Waals surface area contributed by atoms with Crippen molar-refractivity contribution >= 4 is 34.9 Å². The minimum absolute atomic E-state index is 0.0356. The smallest absolute Gasteiger partial charge is 0.305 e. The Morgan fingerprint density at radius 2 is 1.74 bits per heavy atom. The molecule has 3 rings (SSSR count). The van der Waals surface area contributed by atoms with Crippen molar-refractivity contribution in [1.82, 2.24) is 10.2 Å². The molecule has 1 fully saturated rings. The summed E-state index contributed by atoms with van der Waals surface area (Å²) in [6, 6.07) is 1.78. The SMILES string of the molecule is O=C(O)C[C@H](NC(=O)C1CCN(C(=O)c2cccs2)CC1)C(=O)COc1c(F)c(F)cc(F)c1F. The zero-order chi connectivity index (χ0) is 25.7. The minimum Gasteiger partial charge on any atom is -0.481 e. The second-order valence-electron chi connectivity index (χ2n) is 7.76. The van der Waals surface area contributed by atoms with Crippen LogP contribution in [0, 0.1) is 29.2 Å². The fraction of sp³-hybridized carbons (Fsp3) is 0.364. The van der Waals surface area contributed by atoms with Gasteiger partial charge in [-0.25, -0.2) is 8.78 Å². The van der Waals surface area contributed by atoms with E-state index in [1.165, 1.54) is 11.3 Å². The highest BCUT2D eigenvalue weighted by Crippen LogP contribution is 2.26. The number of carbonyl (C=O) groups excluding carboxylic acids is 3. The summed E-state index contributed by atoms with van der Waals surface area (Å²) < 4.78 is 58.7. The zero-order valence-electron chi connectivity index (χ0n) is 18.1. The molecule has 8 nitrogen and oxygen atoms in total. The number of carbonyl (C=O) groups is 4. The maximum atomic E-state index is 13.7.